The molecule has 0 rings (SSSR count). The normalized spacial score (nSPS) is 14.5. The highest BCUT2D eigenvalue weighted by Crippen LogP contribution is 2.38. The number of hydrogen-bond acceptors (Lipinski definition) is 2. The van der Waals surface area contributed by atoms with Crippen LogP contribution >= 0.6 is 0 Å². The van der Waals surface area contributed by atoms with Crippen LogP contribution in [0, 0.1) is 0 Å². The predicted octanol–water partition coefficient (Wildman–Crippen LogP) is 7.09. The van der Waals surface area contributed by atoms with E-state index in [1.807, 2.05) is 0 Å². The summed E-state index contributed by atoms with van der Waals surface area (Å²) in [7, 11) is 0.500. The van der Waals surface area contributed by atoms with E-state index in [0.717, 1.165) is 0 Å². The molecule has 0 heterocycles. The van der Waals surface area contributed by atoms with Crippen molar-refractivity contribution in [2.75, 3.05) is 34.1 Å². The topological polar surface area (TPSA) is 18.5 Å². The van der Waals surface area contributed by atoms with Gasteiger partial charge >= 0.3 is 24.4 Å². The van der Waals surface area contributed by atoms with Gasteiger partial charge in [-0.3, -0.25) is 9.13 Å². The van der Waals surface area contributed by atoms with Gasteiger partial charge in [0.05, 0.1) is 7.18 Å². The molecule has 0 aromatic rings. The lowest BCUT2D eigenvalue weighted by Gasteiger charge is -2.29. The third-order valence-corrected chi connectivity index (χ3v) is 2.01. The molecule has 0 saturated carbocycles. The second-order valence-electron chi connectivity index (χ2n) is 5.04. The Balaban J connectivity index is -0.000000208. The molecule has 0 aliphatic carbocycles. The standard InChI is InChI=1S/C6H5F9O.C3H3F5O.C3H5F3.CH3F/c7-1-4(9,10)3(6(13,14)15)16-5(11,12)2-8;4-1-9-2(5)3(6,7)8;1-3(5,6)2-4;1-2/h3H,1-2H2;2H,1H2;2H2,1H3;1H3. The molecule has 0 aliphatic rings. The molecule has 2 atom stereocenters. The first-order valence-electron chi connectivity index (χ1n) is 7.32. The fourth-order valence-electron chi connectivity index (χ4n) is 0.816. The van der Waals surface area contributed by atoms with Gasteiger partial charge in [0, 0.05) is 6.92 Å². The van der Waals surface area contributed by atoms with Gasteiger partial charge in [0.15, 0.2) is 26.9 Å². The Bertz CT molecular complexity index is 458. The van der Waals surface area contributed by atoms with E-state index in [2.05, 4.69) is 9.47 Å². The maximum absolute atomic E-state index is 12.3. The zero-order valence-electron chi connectivity index (χ0n) is 16.1. The Morgan fingerprint density at radius 3 is 1.15 bits per heavy atom. The molecule has 2 unspecified atom stereocenters. The Hall–Kier alpha value is -1.34. The summed E-state index contributed by atoms with van der Waals surface area (Å²) in [6.45, 7) is -8.40. The maximum Gasteiger partial charge on any atom is 0.445 e. The van der Waals surface area contributed by atoms with Gasteiger partial charge in [-0.05, 0) is 0 Å². The van der Waals surface area contributed by atoms with Gasteiger partial charge in [-0.2, -0.15) is 35.1 Å². The molecule has 0 amide bonds. The number of hydrogen-bond donors (Lipinski definition) is 0. The first-order chi connectivity index (χ1) is 14.5. The van der Waals surface area contributed by atoms with Gasteiger partial charge in [-0.1, -0.05) is 0 Å². The lowest BCUT2D eigenvalue weighted by atomic mass is 10.2. The smallest absolute Gasteiger partial charge is 0.309 e. The van der Waals surface area contributed by atoms with Crippen molar-refractivity contribution in [2.24, 2.45) is 0 Å². The summed E-state index contributed by atoms with van der Waals surface area (Å²) in [6.07, 6.45) is -24.0. The molecule has 33 heavy (non-hydrogen) atoms. The van der Waals surface area contributed by atoms with E-state index in [4.69, 9.17) is 0 Å². The molecule has 0 saturated heterocycles. The molecular weight excluding hydrogens is 530 g/mol. The van der Waals surface area contributed by atoms with Crippen molar-refractivity contribution in [3.8, 4) is 0 Å². The van der Waals surface area contributed by atoms with E-state index >= 15 is 0 Å². The zero-order valence-corrected chi connectivity index (χ0v) is 16.1. The third kappa shape index (κ3) is 22.2. The molecule has 0 bridgehead atoms. The van der Waals surface area contributed by atoms with E-state index in [1.54, 1.807) is 0 Å². The van der Waals surface area contributed by atoms with Crippen molar-refractivity contribution in [3.63, 3.8) is 0 Å². The molecule has 0 radical (unpaired) electrons. The predicted molar refractivity (Wildman–Crippen MR) is 74.4 cm³/mol. The average molecular weight is 546 g/mol. The van der Waals surface area contributed by atoms with E-state index in [1.165, 1.54) is 0 Å². The van der Waals surface area contributed by atoms with Gasteiger partial charge in [-0.15, -0.1) is 0 Å². The van der Waals surface area contributed by atoms with E-state index in [-0.39, 0.29) is 0 Å². The van der Waals surface area contributed by atoms with Crippen molar-refractivity contribution in [1.29, 1.82) is 0 Å². The molecule has 0 aromatic heterocycles. The van der Waals surface area contributed by atoms with Crippen LogP contribution in [0.15, 0.2) is 0 Å². The largest absolute Gasteiger partial charge is 0.445 e. The molecule has 206 valence electrons. The molecule has 0 fully saturated rings. The molecule has 20 heteroatoms. The van der Waals surface area contributed by atoms with E-state index < -0.39 is 69.7 Å². The summed E-state index contributed by atoms with van der Waals surface area (Å²) < 4.78 is 210. The van der Waals surface area contributed by atoms with Crippen LogP contribution < -0.4 is 0 Å². The fraction of sp³-hybridized carbons (Fsp3) is 1.00. The highest BCUT2D eigenvalue weighted by atomic mass is 19.4. The molecule has 0 N–H and O–H groups in total. The Kier molecular flexibility index (Phi) is 19.2. The van der Waals surface area contributed by atoms with Gasteiger partial charge in [0.25, 0.3) is 12.3 Å². The first-order valence-corrected chi connectivity index (χ1v) is 7.32. The van der Waals surface area contributed by atoms with Crippen LogP contribution in [-0.2, 0) is 9.47 Å². The minimum Gasteiger partial charge on any atom is -0.309 e. The van der Waals surface area contributed by atoms with Crippen LogP contribution in [0.25, 0.3) is 0 Å². The van der Waals surface area contributed by atoms with E-state index in [9.17, 15) is 79.0 Å². The lowest BCUT2D eigenvalue weighted by molar-refractivity contribution is -0.368. The van der Waals surface area contributed by atoms with Crippen molar-refractivity contribution in [3.05, 3.63) is 0 Å². The van der Waals surface area contributed by atoms with Crippen molar-refractivity contribution in [2.45, 2.75) is 49.7 Å². The van der Waals surface area contributed by atoms with E-state index in [0.29, 0.717) is 14.1 Å². The zero-order chi connectivity index (χ0) is 27.9. The highest BCUT2D eigenvalue weighted by molar-refractivity contribution is 4.84. The fourth-order valence-corrected chi connectivity index (χ4v) is 0.816. The van der Waals surface area contributed by atoms with Crippen LogP contribution in [0.1, 0.15) is 6.92 Å². The maximum atomic E-state index is 12.3. The number of alkyl halides is 18. The monoisotopic (exact) mass is 546 g/mol. The summed E-state index contributed by atoms with van der Waals surface area (Å²) >= 11 is 0. The Morgan fingerprint density at radius 2 is 1.00 bits per heavy atom. The Labute approximate surface area is 173 Å². The van der Waals surface area contributed by atoms with Gasteiger partial charge in [0.1, 0.15) is 0 Å². The number of rotatable bonds is 8. The van der Waals surface area contributed by atoms with Crippen LogP contribution in [0.3, 0.4) is 0 Å². The second-order valence-corrected chi connectivity index (χ2v) is 5.04. The molecular formula is C13H16F18O2. The molecule has 2 nitrogen and oxygen atoms in total. The van der Waals surface area contributed by atoms with Crippen LogP contribution in [-0.4, -0.2) is 76.8 Å². The first kappa shape index (κ1) is 38.9. The van der Waals surface area contributed by atoms with Crippen molar-refractivity contribution in [1.82, 2.24) is 0 Å². The molecule has 0 spiro atoms. The van der Waals surface area contributed by atoms with Crippen LogP contribution in [0.5, 0.6) is 0 Å². The summed E-state index contributed by atoms with van der Waals surface area (Å²) in [5, 5.41) is 0. The van der Waals surface area contributed by atoms with Gasteiger partial charge in [-0.25, -0.2) is 39.5 Å². The summed E-state index contributed by atoms with van der Waals surface area (Å²) in [6, 6.07) is 0. The quantitative estimate of drug-likeness (QED) is 0.303. The van der Waals surface area contributed by atoms with Gasteiger partial charge < -0.3 is 4.74 Å². The lowest BCUT2D eigenvalue weighted by Crippen LogP contribution is -2.51. The minimum atomic E-state index is -5.95. The molecule has 0 aromatic carbocycles. The number of ether oxygens (including phenoxy) is 2. The van der Waals surface area contributed by atoms with Gasteiger partial charge in [0.2, 0.25) is 6.10 Å². The average Bonchev–Trinajstić information content (AvgIpc) is 2.67. The highest BCUT2D eigenvalue weighted by Gasteiger charge is 2.60. The van der Waals surface area contributed by atoms with Crippen LogP contribution in [0.4, 0.5) is 79.0 Å². The third-order valence-electron chi connectivity index (χ3n) is 2.01. The Morgan fingerprint density at radius 1 is 0.636 bits per heavy atom. The summed E-state index contributed by atoms with van der Waals surface area (Å²) in [5.74, 6) is -8.34. The van der Waals surface area contributed by atoms with Crippen molar-refractivity contribution >= 4 is 0 Å². The second kappa shape index (κ2) is 16.3. The van der Waals surface area contributed by atoms with Crippen molar-refractivity contribution < 1.29 is 88.5 Å². The minimum absolute atomic E-state index is 0.500. The number of halogens is 18. The molecule has 0 aliphatic heterocycles. The SMILES string of the molecule is CC(F)(F)CF.CF.FCC(F)(F)OC(C(F)(F)F)C(F)(F)CF.FCOC(F)C(F)(F)F. The van der Waals surface area contributed by atoms with Crippen LogP contribution in [0.2, 0.25) is 0 Å². The summed E-state index contributed by atoms with van der Waals surface area (Å²) in [5.41, 5.74) is 0. The summed E-state index contributed by atoms with van der Waals surface area (Å²) in [4.78, 5) is 0.